The zero-order chi connectivity index (χ0) is 14.0. The van der Waals surface area contributed by atoms with Gasteiger partial charge in [0, 0.05) is 19.1 Å². The van der Waals surface area contributed by atoms with E-state index in [0.717, 1.165) is 24.8 Å². The monoisotopic (exact) mass is 276 g/mol. The summed E-state index contributed by atoms with van der Waals surface area (Å²) in [7, 11) is 0. The molecule has 5 saturated carbocycles. The van der Waals surface area contributed by atoms with E-state index in [1.54, 1.807) is 0 Å². The molecule has 5 fully saturated rings. The Balaban J connectivity index is 1.61. The van der Waals surface area contributed by atoms with Gasteiger partial charge in [-0.15, -0.1) is 0 Å². The second-order valence-corrected chi connectivity index (χ2v) is 8.57. The number of carbonyl (C=O) groups is 1. The highest BCUT2D eigenvalue weighted by molar-refractivity contribution is 5.84. The van der Waals surface area contributed by atoms with E-state index in [1.165, 1.54) is 44.9 Å². The summed E-state index contributed by atoms with van der Waals surface area (Å²) in [6, 6.07) is 0.520. The summed E-state index contributed by atoms with van der Waals surface area (Å²) in [5.74, 6) is 2.12. The maximum Gasteiger partial charge on any atom is 0.229 e. The van der Waals surface area contributed by atoms with E-state index in [1.807, 2.05) is 0 Å². The minimum atomic E-state index is -0.00338. The van der Waals surface area contributed by atoms with Crippen molar-refractivity contribution < 1.29 is 4.79 Å². The van der Waals surface area contributed by atoms with E-state index in [9.17, 15) is 4.79 Å². The first kappa shape index (κ1) is 13.1. The second-order valence-electron chi connectivity index (χ2n) is 8.57. The molecule has 0 aromatic rings. The maximum absolute atomic E-state index is 13.3. The molecule has 5 aliphatic carbocycles. The van der Waals surface area contributed by atoms with Crippen molar-refractivity contribution in [2.24, 2.45) is 28.4 Å². The molecule has 1 amide bonds. The van der Waals surface area contributed by atoms with E-state index >= 15 is 0 Å². The number of amides is 1. The minimum Gasteiger partial charge on any atom is -0.338 e. The fourth-order valence-corrected chi connectivity index (χ4v) is 6.25. The van der Waals surface area contributed by atoms with Crippen molar-refractivity contribution in [2.45, 2.75) is 64.3 Å². The van der Waals surface area contributed by atoms with Gasteiger partial charge in [-0.25, -0.2) is 0 Å². The predicted octanol–water partition coefficient (Wildman–Crippen LogP) is 2.54. The summed E-state index contributed by atoms with van der Waals surface area (Å²) in [5.41, 5.74) is 6.21. The van der Waals surface area contributed by atoms with E-state index in [-0.39, 0.29) is 5.41 Å². The highest BCUT2D eigenvalue weighted by atomic mass is 16.2. The van der Waals surface area contributed by atoms with Crippen LogP contribution in [-0.2, 0) is 4.79 Å². The number of hydrogen-bond acceptors (Lipinski definition) is 2. The molecule has 0 aromatic carbocycles. The summed E-state index contributed by atoms with van der Waals surface area (Å²) in [5, 5.41) is 0. The largest absolute Gasteiger partial charge is 0.338 e. The molecule has 0 saturated heterocycles. The SMILES string of the molecule is CC12CC3CC(C1)CC(C(=O)N(CCN)C1CC1)(C3)C2. The molecule has 5 rings (SSSR count). The molecular formula is C17H28N2O. The summed E-state index contributed by atoms with van der Waals surface area (Å²) < 4.78 is 0. The first-order valence-electron chi connectivity index (χ1n) is 8.55. The molecule has 0 aliphatic heterocycles. The highest BCUT2D eigenvalue weighted by Crippen LogP contribution is 2.65. The summed E-state index contributed by atoms with van der Waals surface area (Å²) >= 11 is 0. The fraction of sp³-hybridized carbons (Fsp3) is 0.941. The van der Waals surface area contributed by atoms with Crippen LogP contribution >= 0.6 is 0 Å². The normalized spacial score (nSPS) is 45.7. The molecule has 3 nitrogen and oxygen atoms in total. The van der Waals surface area contributed by atoms with Crippen molar-refractivity contribution in [3.63, 3.8) is 0 Å². The van der Waals surface area contributed by atoms with Gasteiger partial charge in [0.15, 0.2) is 0 Å². The topological polar surface area (TPSA) is 46.3 Å². The Morgan fingerprint density at radius 3 is 2.35 bits per heavy atom. The van der Waals surface area contributed by atoms with Crippen LogP contribution in [0.2, 0.25) is 0 Å². The van der Waals surface area contributed by atoms with Gasteiger partial charge in [0.25, 0.3) is 0 Å². The van der Waals surface area contributed by atoms with Gasteiger partial charge < -0.3 is 10.6 Å². The molecule has 0 radical (unpaired) electrons. The van der Waals surface area contributed by atoms with Crippen LogP contribution < -0.4 is 5.73 Å². The Bertz CT molecular complexity index is 415. The van der Waals surface area contributed by atoms with E-state index in [0.29, 0.717) is 23.9 Å². The molecule has 20 heavy (non-hydrogen) atoms. The van der Waals surface area contributed by atoms with E-state index < -0.39 is 0 Å². The molecule has 2 N–H and O–H groups in total. The summed E-state index contributed by atoms with van der Waals surface area (Å²) in [4.78, 5) is 15.4. The van der Waals surface area contributed by atoms with Crippen molar-refractivity contribution in [1.82, 2.24) is 4.90 Å². The first-order chi connectivity index (χ1) is 9.54. The zero-order valence-electron chi connectivity index (χ0n) is 12.7. The predicted molar refractivity (Wildman–Crippen MR) is 79.0 cm³/mol. The number of nitrogens with two attached hydrogens (primary N) is 1. The molecule has 5 aliphatic rings. The lowest BCUT2D eigenvalue weighted by Crippen LogP contribution is -2.58. The highest BCUT2D eigenvalue weighted by Gasteiger charge is 2.60. The Morgan fingerprint density at radius 1 is 1.20 bits per heavy atom. The van der Waals surface area contributed by atoms with Gasteiger partial charge in [0.1, 0.15) is 0 Å². The third kappa shape index (κ3) is 1.93. The molecule has 0 heterocycles. The lowest BCUT2D eigenvalue weighted by molar-refractivity contribution is -0.166. The molecule has 2 unspecified atom stereocenters. The molecule has 4 bridgehead atoms. The van der Waals surface area contributed by atoms with Crippen LogP contribution in [0.4, 0.5) is 0 Å². The van der Waals surface area contributed by atoms with Gasteiger partial charge >= 0.3 is 0 Å². The molecule has 112 valence electrons. The van der Waals surface area contributed by atoms with Gasteiger partial charge in [-0.2, -0.15) is 0 Å². The quantitative estimate of drug-likeness (QED) is 0.857. The average molecular weight is 276 g/mol. The Hall–Kier alpha value is -0.570. The zero-order valence-corrected chi connectivity index (χ0v) is 12.7. The van der Waals surface area contributed by atoms with Crippen molar-refractivity contribution in [2.75, 3.05) is 13.1 Å². The summed E-state index contributed by atoms with van der Waals surface area (Å²) in [6.07, 6.45) is 10.0. The third-order valence-corrected chi connectivity index (χ3v) is 6.43. The third-order valence-electron chi connectivity index (χ3n) is 6.43. The standard InChI is InChI=1S/C17H28N2O/c1-16-7-12-6-13(8-16)10-17(9-12,11-16)15(20)19(5-4-18)14-2-3-14/h12-14H,2-11,18H2,1H3. The fourth-order valence-electron chi connectivity index (χ4n) is 6.25. The van der Waals surface area contributed by atoms with Gasteiger partial charge in [0.05, 0.1) is 5.41 Å². The van der Waals surface area contributed by atoms with Crippen molar-refractivity contribution in [3.05, 3.63) is 0 Å². The summed E-state index contributed by atoms with van der Waals surface area (Å²) in [6.45, 7) is 3.83. The molecule has 0 spiro atoms. The second kappa shape index (κ2) is 4.22. The molecule has 2 atom stereocenters. The van der Waals surface area contributed by atoms with Gasteiger partial charge in [0.2, 0.25) is 5.91 Å². The van der Waals surface area contributed by atoms with Crippen LogP contribution in [0.1, 0.15) is 58.3 Å². The van der Waals surface area contributed by atoms with Crippen molar-refractivity contribution in [1.29, 1.82) is 0 Å². The Kier molecular flexibility index (Phi) is 2.77. The van der Waals surface area contributed by atoms with Crippen LogP contribution in [0.3, 0.4) is 0 Å². The maximum atomic E-state index is 13.3. The molecule has 3 heteroatoms. The average Bonchev–Trinajstić information content (AvgIpc) is 3.16. The van der Waals surface area contributed by atoms with Crippen LogP contribution in [0.25, 0.3) is 0 Å². The van der Waals surface area contributed by atoms with Gasteiger partial charge in [-0.1, -0.05) is 6.92 Å². The molecular weight excluding hydrogens is 248 g/mol. The number of hydrogen-bond donors (Lipinski definition) is 1. The van der Waals surface area contributed by atoms with Crippen LogP contribution in [0, 0.1) is 22.7 Å². The van der Waals surface area contributed by atoms with Crippen LogP contribution in [-0.4, -0.2) is 29.9 Å². The number of carbonyl (C=O) groups excluding carboxylic acids is 1. The number of rotatable bonds is 4. The van der Waals surface area contributed by atoms with Crippen LogP contribution in [0.15, 0.2) is 0 Å². The van der Waals surface area contributed by atoms with Crippen LogP contribution in [0.5, 0.6) is 0 Å². The lowest BCUT2D eigenvalue weighted by Gasteiger charge is -2.61. The van der Waals surface area contributed by atoms with Gasteiger partial charge in [-0.3, -0.25) is 4.79 Å². The number of nitrogens with zero attached hydrogens (tertiary/aromatic N) is 1. The van der Waals surface area contributed by atoms with E-state index in [2.05, 4.69) is 11.8 Å². The Morgan fingerprint density at radius 2 is 1.85 bits per heavy atom. The molecule has 0 aromatic heterocycles. The lowest BCUT2D eigenvalue weighted by atomic mass is 9.44. The smallest absolute Gasteiger partial charge is 0.229 e. The minimum absolute atomic E-state index is 0.00338. The Labute approximate surface area is 122 Å². The van der Waals surface area contributed by atoms with Gasteiger partial charge in [-0.05, 0) is 68.6 Å². The van der Waals surface area contributed by atoms with E-state index in [4.69, 9.17) is 5.73 Å². The first-order valence-corrected chi connectivity index (χ1v) is 8.55. The van der Waals surface area contributed by atoms with Crippen molar-refractivity contribution >= 4 is 5.91 Å². The van der Waals surface area contributed by atoms with Crippen molar-refractivity contribution in [3.8, 4) is 0 Å².